The summed E-state index contributed by atoms with van der Waals surface area (Å²) in [6, 6.07) is 69.7. The van der Waals surface area contributed by atoms with E-state index in [0.29, 0.717) is 0 Å². The maximum atomic E-state index is 12.6. The summed E-state index contributed by atoms with van der Waals surface area (Å²) < 4.78 is 25.2. The molecule has 0 aliphatic heterocycles. The van der Waals surface area contributed by atoms with Crippen molar-refractivity contribution in [1.82, 2.24) is 0 Å². The van der Waals surface area contributed by atoms with Gasteiger partial charge in [0.1, 0.15) is 14.3 Å². The maximum absolute atomic E-state index is 12.6. The molecule has 3 radical (unpaired) electrons. The Hall–Kier alpha value is -2.08. The van der Waals surface area contributed by atoms with Gasteiger partial charge in [-0.05, 0) is 13.3 Å². The molecule has 0 unspecified atom stereocenters. The molecular weight excluding hydrogens is 1050 g/mol. The molecule has 0 aliphatic rings. The van der Waals surface area contributed by atoms with Gasteiger partial charge in [0.05, 0.1) is 0 Å². The smallest absolute Gasteiger partial charge is 0.140 e. The van der Waals surface area contributed by atoms with E-state index in [1.165, 1.54) is 34.4 Å². The van der Waals surface area contributed by atoms with Gasteiger partial charge >= 0.3 is 0 Å². The van der Waals surface area contributed by atoms with Crippen LogP contribution in [0.5, 0.6) is 0 Å². The molecule has 0 saturated heterocycles. The number of hydrogen-bond acceptors (Lipinski definition) is 2. The number of rotatable bonds is 7. The molecule has 2 nitrogen and oxygen atoms in total. The summed E-state index contributed by atoms with van der Waals surface area (Å²) in [6.07, 6.45) is 0. The Bertz CT molecular complexity index is 1890. The van der Waals surface area contributed by atoms with E-state index in [2.05, 4.69) is 114 Å². The van der Waals surface area contributed by atoms with Crippen LogP contribution in [0.4, 0.5) is 0 Å². The molecule has 64 heavy (non-hydrogen) atoms. The van der Waals surface area contributed by atoms with Gasteiger partial charge in [0.15, 0.2) is 0 Å². The molecule has 0 aromatic heterocycles. The average molecular weight is 1120 g/mol. The number of hydrogen-bond donors (Lipinski definition) is 0. The molecule has 335 valence electrons. The summed E-state index contributed by atoms with van der Waals surface area (Å²) in [7, 11) is -4.79. The Balaban J connectivity index is -0.000000348. The van der Waals surface area contributed by atoms with E-state index in [1.807, 2.05) is 167 Å². The monoisotopic (exact) mass is 1120 g/mol. The van der Waals surface area contributed by atoms with Gasteiger partial charge in [-0.3, -0.25) is 0 Å². The van der Waals surface area contributed by atoms with Crippen molar-refractivity contribution in [3.63, 3.8) is 0 Å². The second-order valence-electron chi connectivity index (χ2n) is 14.3. The predicted molar refractivity (Wildman–Crippen MR) is 276 cm³/mol. The standard InChI is InChI=1S/2C13H13OP.3C9H11.C2H6.2CH3.3Y/c2*1-15(14,12-8-4-2-5-9-12)13-10-6-3-7-11-13;3*1-8(2)9-6-4-3-5-7-9;1-2;;;;;/h2*2-11H,1H3;3*3-7H,1-2H3;1-2H3;2*1H3;;;/q;;3*-1;;2*-1;;;. The summed E-state index contributed by atoms with van der Waals surface area (Å²) in [5.41, 5.74) is 3.99. The van der Waals surface area contributed by atoms with Crippen LogP contribution < -0.4 is 21.2 Å². The minimum atomic E-state index is -2.40. The molecule has 0 amide bonds. The average Bonchev–Trinajstić information content (AvgIpc) is 3.30. The Morgan fingerprint density at radius 2 is 0.406 bits per heavy atom. The zero-order chi connectivity index (χ0) is 43.5. The molecule has 0 saturated carbocycles. The third kappa shape index (κ3) is 25.7. The fourth-order valence-corrected chi connectivity index (χ4v) is 9.02. The molecule has 7 aromatic carbocycles. The van der Waals surface area contributed by atoms with Gasteiger partial charge in [0, 0.05) is 119 Å². The normalized spacial score (nSPS) is 9.22. The van der Waals surface area contributed by atoms with Gasteiger partial charge < -0.3 is 24.0 Å². The SMILES string of the molecule is CC.CP(=O)(c1ccccc1)c1ccccc1.CP(=O)(c1ccccc1)c1ccccc1.C[C-](C)c1ccccc1.C[C-](C)c1ccccc1.C[C-](C)c1ccccc1.[CH3-].[CH3-].[Y].[Y].[Y]. The second-order valence-corrected chi connectivity index (χ2v) is 20.1. The van der Waals surface area contributed by atoms with Gasteiger partial charge in [-0.15, -0.1) is 36.4 Å². The van der Waals surface area contributed by atoms with E-state index < -0.39 is 14.3 Å². The van der Waals surface area contributed by atoms with E-state index in [0.717, 1.165) is 21.2 Å². The predicted octanol–water partition coefficient (Wildman–Crippen LogP) is 15.1. The van der Waals surface area contributed by atoms with Gasteiger partial charge in [-0.25, -0.2) is 0 Å². The Morgan fingerprint density at radius 1 is 0.281 bits per heavy atom. The summed E-state index contributed by atoms with van der Waals surface area (Å²) in [4.78, 5) is 0. The summed E-state index contributed by atoms with van der Waals surface area (Å²) in [5.74, 6) is 4.11. The van der Waals surface area contributed by atoms with Gasteiger partial charge in [0.2, 0.25) is 0 Å². The fraction of sp³-hybridized carbons (Fsp3) is 0.175. The van der Waals surface area contributed by atoms with Crippen LogP contribution >= 0.6 is 14.3 Å². The zero-order valence-electron chi connectivity index (χ0n) is 40.7. The molecule has 7 heteroatoms. The van der Waals surface area contributed by atoms with Crippen molar-refractivity contribution >= 4 is 35.5 Å². The molecule has 0 N–H and O–H groups in total. The van der Waals surface area contributed by atoms with Gasteiger partial charge in [-0.2, -0.15) is 70.8 Å². The van der Waals surface area contributed by atoms with Crippen molar-refractivity contribution in [2.75, 3.05) is 13.3 Å². The van der Waals surface area contributed by atoms with Crippen LogP contribution in [0, 0.1) is 32.6 Å². The van der Waals surface area contributed by atoms with Crippen molar-refractivity contribution in [2.24, 2.45) is 0 Å². The van der Waals surface area contributed by atoms with Crippen LogP contribution in [0.2, 0.25) is 0 Å². The van der Waals surface area contributed by atoms with E-state index >= 15 is 0 Å². The quantitative estimate of drug-likeness (QED) is 0.118. The molecule has 0 spiro atoms. The van der Waals surface area contributed by atoms with Crippen molar-refractivity contribution in [3.05, 3.63) is 262 Å². The van der Waals surface area contributed by atoms with Crippen molar-refractivity contribution in [2.45, 2.75) is 55.4 Å². The molecular formula is C57H71O2P2Y3-5. The third-order valence-corrected chi connectivity index (χ3v) is 14.2. The number of benzene rings is 7. The Kier molecular flexibility index (Phi) is 41.7. The largest absolute Gasteiger partial charge is 0.358 e. The van der Waals surface area contributed by atoms with Crippen molar-refractivity contribution < 1.29 is 107 Å². The summed E-state index contributed by atoms with van der Waals surface area (Å²) >= 11 is 0. The first kappa shape index (κ1) is 68.5. The Labute approximate surface area is 467 Å². The van der Waals surface area contributed by atoms with Crippen LogP contribution in [0.1, 0.15) is 72.1 Å². The third-order valence-electron chi connectivity index (χ3n) is 9.05. The van der Waals surface area contributed by atoms with Crippen LogP contribution in [-0.2, 0) is 107 Å². The van der Waals surface area contributed by atoms with Crippen LogP contribution in [0.3, 0.4) is 0 Å². The van der Waals surface area contributed by atoms with Gasteiger partial charge in [-0.1, -0.05) is 195 Å². The van der Waals surface area contributed by atoms with Crippen molar-refractivity contribution in [1.29, 1.82) is 0 Å². The summed E-state index contributed by atoms with van der Waals surface area (Å²) in [6.45, 7) is 20.4. The Morgan fingerprint density at radius 3 is 0.516 bits per heavy atom. The van der Waals surface area contributed by atoms with E-state index in [4.69, 9.17) is 0 Å². The molecule has 0 fully saturated rings. The van der Waals surface area contributed by atoms with E-state index in [1.54, 1.807) is 0 Å². The minimum Gasteiger partial charge on any atom is -0.358 e. The van der Waals surface area contributed by atoms with E-state index in [9.17, 15) is 9.13 Å². The molecule has 0 aliphatic carbocycles. The van der Waals surface area contributed by atoms with Crippen LogP contribution in [0.25, 0.3) is 0 Å². The molecule has 0 atom stereocenters. The molecule has 0 heterocycles. The zero-order valence-corrected chi connectivity index (χ0v) is 51.0. The van der Waals surface area contributed by atoms with E-state index in [-0.39, 0.29) is 113 Å². The fourth-order valence-electron chi connectivity index (χ4n) is 5.46. The summed E-state index contributed by atoms with van der Waals surface area (Å²) in [5, 5.41) is 3.65. The molecule has 0 bridgehead atoms. The second kappa shape index (κ2) is 39.0. The van der Waals surface area contributed by atoms with Gasteiger partial charge in [0.25, 0.3) is 0 Å². The topological polar surface area (TPSA) is 34.1 Å². The van der Waals surface area contributed by atoms with Crippen molar-refractivity contribution in [3.8, 4) is 0 Å². The molecule has 7 aromatic rings. The maximum Gasteiger partial charge on any atom is 0.140 e. The van der Waals surface area contributed by atoms with Crippen LogP contribution in [-0.4, -0.2) is 13.3 Å². The molecule has 7 rings (SSSR count). The first-order valence-electron chi connectivity index (χ1n) is 20.3. The first-order chi connectivity index (χ1) is 28.3. The van der Waals surface area contributed by atoms with Crippen LogP contribution in [0.15, 0.2) is 212 Å². The first-order valence-corrected chi connectivity index (χ1v) is 24.6. The minimum absolute atomic E-state index is 0.